The summed E-state index contributed by atoms with van der Waals surface area (Å²) in [6.45, 7) is 9.47. The van der Waals surface area contributed by atoms with E-state index >= 15 is 0 Å². The summed E-state index contributed by atoms with van der Waals surface area (Å²) in [4.78, 5) is 0. The van der Waals surface area contributed by atoms with Gasteiger partial charge in [0.25, 0.3) is 0 Å². The maximum atomic E-state index is 6.40. The van der Waals surface area contributed by atoms with Crippen molar-refractivity contribution in [1.82, 2.24) is 0 Å². The van der Waals surface area contributed by atoms with Crippen LogP contribution in [0.2, 0.25) is 0 Å². The summed E-state index contributed by atoms with van der Waals surface area (Å²) in [5, 5.41) is 0.0849. The molecule has 1 heterocycles. The van der Waals surface area contributed by atoms with E-state index in [1.807, 2.05) is 0 Å². The lowest BCUT2D eigenvalue weighted by Crippen LogP contribution is -2.18. The molecule has 0 aromatic heterocycles. The SMILES string of the molecule is CC(C)C(Cl)c1ccc2c(c1)C(C)(C)CO2. The third kappa shape index (κ3) is 1.93. The standard InChI is InChI=1S/C14H19ClO/c1-9(2)13(15)10-5-6-12-11(7-10)14(3,4)8-16-12/h5-7,9,13H,8H2,1-4H3. The number of hydrogen-bond donors (Lipinski definition) is 0. The maximum Gasteiger partial charge on any atom is 0.123 e. The van der Waals surface area contributed by atoms with Gasteiger partial charge in [-0.25, -0.2) is 0 Å². The van der Waals surface area contributed by atoms with Crippen molar-refractivity contribution in [1.29, 1.82) is 0 Å². The fraction of sp³-hybridized carbons (Fsp3) is 0.571. The molecule has 0 spiro atoms. The normalized spacial score (nSPS) is 19.4. The molecule has 0 N–H and O–H groups in total. The Bertz CT molecular complexity index is 396. The smallest absolute Gasteiger partial charge is 0.123 e. The molecule has 1 aromatic carbocycles. The molecule has 1 nitrogen and oxygen atoms in total. The molecule has 1 atom stereocenters. The van der Waals surface area contributed by atoms with E-state index in [2.05, 4.69) is 45.9 Å². The highest BCUT2D eigenvalue weighted by molar-refractivity contribution is 6.21. The van der Waals surface area contributed by atoms with E-state index in [4.69, 9.17) is 16.3 Å². The van der Waals surface area contributed by atoms with Crippen molar-refractivity contribution in [3.8, 4) is 5.75 Å². The van der Waals surface area contributed by atoms with Gasteiger partial charge in [-0.2, -0.15) is 0 Å². The van der Waals surface area contributed by atoms with Crippen LogP contribution in [0.3, 0.4) is 0 Å². The molecule has 16 heavy (non-hydrogen) atoms. The van der Waals surface area contributed by atoms with Crippen LogP contribution in [0.25, 0.3) is 0 Å². The van der Waals surface area contributed by atoms with Gasteiger partial charge in [-0.15, -0.1) is 11.6 Å². The number of rotatable bonds is 2. The van der Waals surface area contributed by atoms with Crippen molar-refractivity contribution < 1.29 is 4.74 Å². The van der Waals surface area contributed by atoms with Crippen LogP contribution in [0, 0.1) is 5.92 Å². The highest BCUT2D eigenvalue weighted by atomic mass is 35.5. The molecule has 2 heteroatoms. The van der Waals surface area contributed by atoms with Gasteiger partial charge in [0, 0.05) is 11.0 Å². The Hall–Kier alpha value is -0.690. The van der Waals surface area contributed by atoms with E-state index in [0.29, 0.717) is 5.92 Å². The molecule has 1 unspecified atom stereocenters. The molecule has 88 valence electrons. The molecule has 1 aliphatic rings. The zero-order valence-electron chi connectivity index (χ0n) is 10.4. The minimum Gasteiger partial charge on any atom is -0.492 e. The predicted octanol–water partition coefficient (Wildman–Crippen LogP) is 4.29. The van der Waals surface area contributed by atoms with E-state index in [0.717, 1.165) is 12.4 Å². The Morgan fingerprint density at radius 2 is 2.00 bits per heavy atom. The molecule has 0 amide bonds. The monoisotopic (exact) mass is 238 g/mol. The van der Waals surface area contributed by atoms with E-state index < -0.39 is 0 Å². The molecule has 0 saturated heterocycles. The summed E-state index contributed by atoms with van der Waals surface area (Å²) in [5.74, 6) is 1.46. The highest BCUT2D eigenvalue weighted by Gasteiger charge is 2.32. The van der Waals surface area contributed by atoms with Crippen LogP contribution >= 0.6 is 11.6 Å². The van der Waals surface area contributed by atoms with Gasteiger partial charge in [0.1, 0.15) is 5.75 Å². The molecular weight excluding hydrogens is 220 g/mol. The maximum absolute atomic E-state index is 6.40. The predicted molar refractivity (Wildman–Crippen MR) is 68.4 cm³/mol. The van der Waals surface area contributed by atoms with E-state index in [1.165, 1.54) is 11.1 Å². The first-order valence-electron chi connectivity index (χ1n) is 5.83. The molecule has 0 radical (unpaired) electrons. The van der Waals surface area contributed by atoms with Gasteiger partial charge in [-0.05, 0) is 23.6 Å². The lowest BCUT2D eigenvalue weighted by molar-refractivity contribution is 0.291. The van der Waals surface area contributed by atoms with E-state index in [1.54, 1.807) is 0 Å². The first kappa shape index (κ1) is 11.8. The Balaban J connectivity index is 2.39. The summed E-state index contributed by atoms with van der Waals surface area (Å²) in [7, 11) is 0. The third-order valence-corrected chi connectivity index (χ3v) is 3.98. The third-order valence-electron chi connectivity index (χ3n) is 3.23. The van der Waals surface area contributed by atoms with Crippen molar-refractivity contribution in [2.45, 2.75) is 38.5 Å². The zero-order valence-corrected chi connectivity index (χ0v) is 11.1. The van der Waals surface area contributed by atoms with Crippen molar-refractivity contribution in [3.63, 3.8) is 0 Å². The van der Waals surface area contributed by atoms with Gasteiger partial charge in [0.05, 0.1) is 12.0 Å². The van der Waals surface area contributed by atoms with Gasteiger partial charge >= 0.3 is 0 Å². The number of benzene rings is 1. The van der Waals surface area contributed by atoms with Crippen LogP contribution in [-0.2, 0) is 5.41 Å². The minimum atomic E-state index is 0.0849. The number of fused-ring (bicyclic) bond motifs is 1. The average Bonchev–Trinajstić information content (AvgIpc) is 2.53. The van der Waals surface area contributed by atoms with Gasteiger partial charge in [-0.3, -0.25) is 0 Å². The number of ether oxygens (including phenoxy) is 1. The second kappa shape index (κ2) is 3.96. The molecule has 2 rings (SSSR count). The van der Waals surface area contributed by atoms with Crippen molar-refractivity contribution in [3.05, 3.63) is 29.3 Å². The second-order valence-corrected chi connectivity index (χ2v) is 6.04. The summed E-state index contributed by atoms with van der Waals surface area (Å²) < 4.78 is 5.67. The van der Waals surface area contributed by atoms with Gasteiger partial charge in [0.15, 0.2) is 0 Å². The van der Waals surface area contributed by atoms with E-state index in [-0.39, 0.29) is 10.8 Å². The largest absolute Gasteiger partial charge is 0.492 e. The summed E-state index contributed by atoms with van der Waals surface area (Å²) in [6, 6.07) is 6.34. The molecule has 1 aromatic rings. The number of halogens is 1. The van der Waals surface area contributed by atoms with Crippen molar-refractivity contribution >= 4 is 11.6 Å². The van der Waals surface area contributed by atoms with Gasteiger partial charge < -0.3 is 4.74 Å². The van der Waals surface area contributed by atoms with Crippen molar-refractivity contribution in [2.75, 3.05) is 6.61 Å². The molecule has 0 fully saturated rings. The first-order chi connectivity index (χ1) is 7.42. The molecule has 0 saturated carbocycles. The van der Waals surface area contributed by atoms with Crippen LogP contribution in [0.5, 0.6) is 5.75 Å². The van der Waals surface area contributed by atoms with Crippen LogP contribution in [0.1, 0.15) is 44.2 Å². The summed E-state index contributed by atoms with van der Waals surface area (Å²) in [6.07, 6.45) is 0. The van der Waals surface area contributed by atoms with Crippen LogP contribution in [0.15, 0.2) is 18.2 Å². The van der Waals surface area contributed by atoms with Crippen LogP contribution in [0.4, 0.5) is 0 Å². The van der Waals surface area contributed by atoms with E-state index in [9.17, 15) is 0 Å². The Morgan fingerprint density at radius 1 is 1.31 bits per heavy atom. The average molecular weight is 239 g/mol. The zero-order chi connectivity index (χ0) is 11.9. The van der Waals surface area contributed by atoms with Crippen LogP contribution < -0.4 is 4.74 Å². The first-order valence-corrected chi connectivity index (χ1v) is 6.27. The lowest BCUT2D eigenvalue weighted by atomic mass is 9.85. The number of hydrogen-bond acceptors (Lipinski definition) is 1. The lowest BCUT2D eigenvalue weighted by Gasteiger charge is -2.18. The Labute approximate surface area is 103 Å². The highest BCUT2D eigenvalue weighted by Crippen LogP contribution is 2.41. The minimum absolute atomic E-state index is 0.0849. The molecule has 0 bridgehead atoms. The van der Waals surface area contributed by atoms with Crippen molar-refractivity contribution in [2.24, 2.45) is 5.92 Å². The number of alkyl halides is 1. The molecule has 0 aliphatic carbocycles. The Morgan fingerprint density at radius 3 is 2.62 bits per heavy atom. The molecular formula is C14H19ClO. The topological polar surface area (TPSA) is 9.23 Å². The quantitative estimate of drug-likeness (QED) is 0.699. The molecule has 1 aliphatic heterocycles. The summed E-state index contributed by atoms with van der Waals surface area (Å²) >= 11 is 6.40. The fourth-order valence-corrected chi connectivity index (χ4v) is 2.23. The van der Waals surface area contributed by atoms with Gasteiger partial charge in [0.2, 0.25) is 0 Å². The summed E-state index contributed by atoms with van der Waals surface area (Å²) in [5.41, 5.74) is 2.60. The second-order valence-electron chi connectivity index (χ2n) is 5.57. The fourth-order valence-electron chi connectivity index (χ4n) is 2.09. The van der Waals surface area contributed by atoms with Crippen LogP contribution in [-0.4, -0.2) is 6.61 Å². The Kier molecular flexibility index (Phi) is 2.91. The van der Waals surface area contributed by atoms with Gasteiger partial charge in [-0.1, -0.05) is 33.8 Å².